The zero-order chi connectivity index (χ0) is 18.1. The topological polar surface area (TPSA) is 89.3 Å². The van der Waals surface area contributed by atoms with Gasteiger partial charge >= 0.3 is 6.18 Å². The van der Waals surface area contributed by atoms with Crippen molar-refractivity contribution < 1.29 is 26.5 Å². The summed E-state index contributed by atoms with van der Waals surface area (Å²) in [5, 5.41) is 10.6. The summed E-state index contributed by atoms with van der Waals surface area (Å²) in [6, 6.07) is 6.57. The fraction of sp³-hybridized carbons (Fsp3) is 0.0769. The summed E-state index contributed by atoms with van der Waals surface area (Å²) in [6.07, 6.45) is -4.88. The standard InChI is InChI=1S/C13H8ClF3N2O4S/c14-10-6-5-8(7-11(10)19(20)21)18-24(22,23)12-4-2-1-3-9(12)13(15,16)17/h1-7,18H. The lowest BCUT2D eigenvalue weighted by Crippen LogP contribution is -2.18. The molecule has 2 rings (SSSR count). The molecule has 0 aromatic heterocycles. The van der Waals surface area contributed by atoms with E-state index >= 15 is 0 Å². The van der Waals surface area contributed by atoms with E-state index in [1.807, 2.05) is 4.72 Å². The average molecular weight is 381 g/mol. The number of sulfonamides is 1. The molecule has 0 aliphatic heterocycles. The van der Waals surface area contributed by atoms with Gasteiger partial charge in [-0.3, -0.25) is 14.8 Å². The number of alkyl halides is 3. The maximum Gasteiger partial charge on any atom is 0.417 e. The number of rotatable bonds is 4. The Kier molecular flexibility index (Phi) is 4.72. The molecule has 0 aliphatic carbocycles. The molecule has 0 fully saturated rings. The molecule has 2 aromatic carbocycles. The van der Waals surface area contributed by atoms with Gasteiger partial charge in [-0.25, -0.2) is 8.42 Å². The Labute approximate surface area is 139 Å². The maximum atomic E-state index is 12.9. The van der Waals surface area contributed by atoms with Gasteiger partial charge in [-0.15, -0.1) is 0 Å². The van der Waals surface area contributed by atoms with Gasteiger partial charge in [-0.05, 0) is 24.3 Å². The number of benzene rings is 2. The number of halogens is 4. The van der Waals surface area contributed by atoms with Crippen LogP contribution in [0.2, 0.25) is 5.02 Å². The highest BCUT2D eigenvalue weighted by atomic mass is 35.5. The quantitative estimate of drug-likeness (QED) is 0.639. The van der Waals surface area contributed by atoms with Crippen LogP contribution in [0.25, 0.3) is 0 Å². The van der Waals surface area contributed by atoms with Crippen LogP contribution >= 0.6 is 11.6 Å². The fourth-order valence-corrected chi connectivity index (χ4v) is 3.33. The van der Waals surface area contributed by atoms with Gasteiger partial charge in [0.2, 0.25) is 0 Å². The van der Waals surface area contributed by atoms with Gasteiger partial charge in [0.15, 0.2) is 0 Å². The van der Waals surface area contributed by atoms with Crippen LogP contribution < -0.4 is 4.72 Å². The van der Waals surface area contributed by atoms with Crippen molar-refractivity contribution in [2.45, 2.75) is 11.1 Å². The molecule has 0 unspecified atom stereocenters. The largest absolute Gasteiger partial charge is 0.417 e. The third kappa shape index (κ3) is 3.77. The Bertz CT molecular complexity index is 900. The van der Waals surface area contributed by atoms with E-state index in [0.29, 0.717) is 6.07 Å². The molecule has 11 heteroatoms. The summed E-state index contributed by atoms with van der Waals surface area (Å²) in [5.74, 6) is 0. The smallest absolute Gasteiger partial charge is 0.279 e. The summed E-state index contributed by atoms with van der Waals surface area (Å²) in [4.78, 5) is 8.96. The van der Waals surface area contributed by atoms with Gasteiger partial charge < -0.3 is 0 Å². The summed E-state index contributed by atoms with van der Waals surface area (Å²) >= 11 is 5.60. The van der Waals surface area contributed by atoms with Crippen LogP contribution in [-0.4, -0.2) is 13.3 Å². The maximum absolute atomic E-state index is 12.9. The second kappa shape index (κ2) is 6.29. The molecule has 0 bridgehead atoms. The van der Waals surface area contributed by atoms with Crippen molar-refractivity contribution in [1.82, 2.24) is 0 Å². The summed E-state index contributed by atoms with van der Waals surface area (Å²) in [6.45, 7) is 0. The Morgan fingerprint density at radius 3 is 2.33 bits per heavy atom. The van der Waals surface area contributed by atoms with Crippen molar-refractivity contribution in [1.29, 1.82) is 0 Å². The number of nitrogens with one attached hydrogen (secondary N) is 1. The molecule has 128 valence electrons. The zero-order valence-electron chi connectivity index (χ0n) is 11.5. The van der Waals surface area contributed by atoms with E-state index < -0.39 is 37.3 Å². The number of hydrogen-bond donors (Lipinski definition) is 1. The lowest BCUT2D eigenvalue weighted by Gasteiger charge is -2.14. The van der Waals surface area contributed by atoms with Crippen molar-refractivity contribution >= 4 is 33.0 Å². The summed E-state index contributed by atoms with van der Waals surface area (Å²) < 4.78 is 65.1. The molecule has 24 heavy (non-hydrogen) atoms. The first-order chi connectivity index (χ1) is 11.0. The number of nitro benzene ring substituents is 1. The van der Waals surface area contributed by atoms with Gasteiger partial charge in [-0.2, -0.15) is 13.2 Å². The van der Waals surface area contributed by atoms with Crippen LogP contribution in [0.1, 0.15) is 5.56 Å². The van der Waals surface area contributed by atoms with E-state index in [-0.39, 0.29) is 10.7 Å². The lowest BCUT2D eigenvalue weighted by atomic mass is 10.2. The van der Waals surface area contributed by atoms with Crippen molar-refractivity contribution in [3.05, 3.63) is 63.2 Å². The fourth-order valence-electron chi connectivity index (χ4n) is 1.86. The lowest BCUT2D eigenvalue weighted by molar-refractivity contribution is -0.384. The van der Waals surface area contributed by atoms with E-state index in [2.05, 4.69) is 0 Å². The first-order valence-corrected chi connectivity index (χ1v) is 8.01. The Hall–Kier alpha value is -2.33. The van der Waals surface area contributed by atoms with E-state index in [1.165, 1.54) is 0 Å². The second-order valence-electron chi connectivity index (χ2n) is 4.52. The molecule has 1 N–H and O–H groups in total. The molecular weight excluding hydrogens is 373 g/mol. The van der Waals surface area contributed by atoms with E-state index in [4.69, 9.17) is 11.6 Å². The second-order valence-corrected chi connectivity index (χ2v) is 6.58. The minimum Gasteiger partial charge on any atom is -0.279 e. The molecule has 0 atom stereocenters. The predicted molar refractivity (Wildman–Crippen MR) is 80.4 cm³/mol. The molecule has 0 heterocycles. The van der Waals surface area contributed by atoms with Gasteiger partial charge in [0.25, 0.3) is 15.7 Å². The van der Waals surface area contributed by atoms with Crippen LogP contribution in [-0.2, 0) is 16.2 Å². The molecule has 0 amide bonds. The number of hydrogen-bond acceptors (Lipinski definition) is 4. The van der Waals surface area contributed by atoms with Crippen molar-refractivity contribution in [2.75, 3.05) is 4.72 Å². The number of nitrogens with zero attached hydrogens (tertiary/aromatic N) is 1. The van der Waals surface area contributed by atoms with Crippen LogP contribution in [0.5, 0.6) is 0 Å². The molecule has 0 spiro atoms. The van der Waals surface area contributed by atoms with Gasteiger partial charge in [-0.1, -0.05) is 23.7 Å². The van der Waals surface area contributed by atoms with Gasteiger partial charge in [0.05, 0.1) is 21.1 Å². The normalized spacial score (nSPS) is 12.0. The Morgan fingerprint density at radius 1 is 1.12 bits per heavy atom. The monoisotopic (exact) mass is 380 g/mol. The van der Waals surface area contributed by atoms with Gasteiger partial charge in [0, 0.05) is 6.07 Å². The molecule has 0 saturated heterocycles. The van der Waals surface area contributed by atoms with Gasteiger partial charge in [0.1, 0.15) is 5.02 Å². The highest BCUT2D eigenvalue weighted by Gasteiger charge is 2.37. The molecule has 0 saturated carbocycles. The SMILES string of the molecule is O=[N+]([O-])c1cc(NS(=O)(=O)c2ccccc2C(F)(F)F)ccc1Cl. The van der Waals surface area contributed by atoms with Crippen LogP contribution in [0.4, 0.5) is 24.5 Å². The van der Waals surface area contributed by atoms with E-state index in [1.54, 1.807) is 0 Å². The number of anilines is 1. The van der Waals surface area contributed by atoms with Crippen LogP contribution in [0.3, 0.4) is 0 Å². The Morgan fingerprint density at radius 2 is 1.75 bits per heavy atom. The molecule has 0 aliphatic rings. The average Bonchev–Trinajstić information content (AvgIpc) is 2.48. The van der Waals surface area contributed by atoms with E-state index in [0.717, 1.165) is 36.4 Å². The van der Waals surface area contributed by atoms with Crippen molar-refractivity contribution in [3.8, 4) is 0 Å². The third-order valence-electron chi connectivity index (χ3n) is 2.88. The van der Waals surface area contributed by atoms with Crippen molar-refractivity contribution in [3.63, 3.8) is 0 Å². The molecule has 0 radical (unpaired) electrons. The number of nitro groups is 1. The summed E-state index contributed by atoms with van der Waals surface area (Å²) in [5.41, 5.74) is -2.22. The minimum absolute atomic E-state index is 0.237. The highest BCUT2D eigenvalue weighted by Crippen LogP contribution is 2.35. The zero-order valence-corrected chi connectivity index (χ0v) is 13.1. The highest BCUT2D eigenvalue weighted by molar-refractivity contribution is 7.92. The van der Waals surface area contributed by atoms with Crippen LogP contribution in [0.15, 0.2) is 47.4 Å². The minimum atomic E-state index is -4.88. The van der Waals surface area contributed by atoms with E-state index in [9.17, 15) is 31.7 Å². The third-order valence-corrected chi connectivity index (χ3v) is 4.64. The first-order valence-electron chi connectivity index (χ1n) is 6.15. The van der Waals surface area contributed by atoms with Crippen LogP contribution in [0, 0.1) is 10.1 Å². The molecular formula is C13H8ClF3N2O4S. The van der Waals surface area contributed by atoms with Crippen molar-refractivity contribution in [2.24, 2.45) is 0 Å². The first kappa shape index (κ1) is 18.0. The Balaban J connectivity index is 2.48. The predicted octanol–water partition coefficient (Wildman–Crippen LogP) is 4.07. The summed E-state index contributed by atoms with van der Waals surface area (Å²) in [7, 11) is -4.62. The molecule has 6 nitrogen and oxygen atoms in total. The molecule has 2 aromatic rings.